The summed E-state index contributed by atoms with van der Waals surface area (Å²) in [5, 5.41) is 24.9. The van der Waals surface area contributed by atoms with Crippen LogP contribution in [0.5, 0.6) is 0 Å². The van der Waals surface area contributed by atoms with Gasteiger partial charge in [0.05, 0.1) is 4.92 Å². The van der Waals surface area contributed by atoms with E-state index in [1.807, 2.05) is 0 Å². The number of nitro groups is 1. The molecule has 20 heavy (non-hydrogen) atoms. The molecule has 0 aliphatic heterocycles. The van der Waals surface area contributed by atoms with Gasteiger partial charge >= 0.3 is 5.97 Å². The average Bonchev–Trinajstić information content (AvgIpc) is 2.88. The van der Waals surface area contributed by atoms with Crippen molar-refractivity contribution in [3.63, 3.8) is 0 Å². The molecule has 2 aromatic rings. The van der Waals surface area contributed by atoms with Crippen LogP contribution in [0.15, 0.2) is 35.1 Å². The summed E-state index contributed by atoms with van der Waals surface area (Å²) >= 11 is 0. The van der Waals surface area contributed by atoms with Crippen LogP contribution in [0.4, 0.5) is 11.4 Å². The number of hydrogen-bond donors (Lipinski definition) is 2. The quantitative estimate of drug-likeness (QED) is 0.638. The van der Waals surface area contributed by atoms with E-state index in [1.165, 1.54) is 24.3 Å². The van der Waals surface area contributed by atoms with E-state index in [4.69, 9.17) is 5.11 Å². The number of aromatic carboxylic acids is 1. The number of aromatic nitrogens is 1. The summed E-state index contributed by atoms with van der Waals surface area (Å²) in [5.74, 6) is -2.13. The molecule has 0 atom stereocenters. The van der Waals surface area contributed by atoms with Gasteiger partial charge in [0.25, 0.3) is 11.6 Å². The largest absolute Gasteiger partial charge is 0.477 e. The first kappa shape index (κ1) is 13.2. The van der Waals surface area contributed by atoms with E-state index < -0.39 is 16.8 Å². The van der Waals surface area contributed by atoms with Gasteiger partial charge in [-0.05, 0) is 12.1 Å². The molecule has 0 radical (unpaired) electrons. The minimum absolute atomic E-state index is 0.129. The van der Waals surface area contributed by atoms with Gasteiger partial charge in [-0.1, -0.05) is 5.16 Å². The summed E-state index contributed by atoms with van der Waals surface area (Å²) in [5.41, 5.74) is -0.615. The SMILES string of the molecule is O=C(O)c1conc1C(=O)Nc1ccc([N+](=O)[O-])cc1. The van der Waals surface area contributed by atoms with Gasteiger partial charge in [-0.25, -0.2) is 4.79 Å². The highest BCUT2D eigenvalue weighted by atomic mass is 16.6. The van der Waals surface area contributed by atoms with Crippen LogP contribution in [0, 0.1) is 10.1 Å². The Hall–Kier alpha value is -3.23. The summed E-state index contributed by atoms with van der Waals surface area (Å²) in [6.07, 6.45) is 0.840. The number of non-ortho nitro benzene ring substituents is 1. The molecule has 0 aliphatic carbocycles. The molecular weight excluding hydrogens is 270 g/mol. The molecule has 0 spiro atoms. The fourth-order valence-electron chi connectivity index (χ4n) is 1.41. The molecule has 102 valence electrons. The van der Waals surface area contributed by atoms with Crippen molar-refractivity contribution in [3.8, 4) is 0 Å². The molecule has 2 N–H and O–H groups in total. The highest BCUT2D eigenvalue weighted by Gasteiger charge is 2.21. The van der Waals surface area contributed by atoms with Crippen LogP contribution in [0.2, 0.25) is 0 Å². The Labute approximate surface area is 111 Å². The third kappa shape index (κ3) is 2.61. The Morgan fingerprint density at radius 2 is 1.95 bits per heavy atom. The zero-order chi connectivity index (χ0) is 14.7. The lowest BCUT2D eigenvalue weighted by Crippen LogP contribution is -2.16. The predicted molar refractivity (Wildman–Crippen MR) is 64.5 cm³/mol. The number of amides is 1. The highest BCUT2D eigenvalue weighted by Crippen LogP contribution is 2.16. The average molecular weight is 277 g/mol. The molecule has 0 fully saturated rings. The third-order valence-corrected chi connectivity index (χ3v) is 2.35. The number of nitrogens with one attached hydrogen (secondary N) is 1. The van der Waals surface area contributed by atoms with Gasteiger partial charge in [0, 0.05) is 17.8 Å². The molecule has 1 aromatic carbocycles. The van der Waals surface area contributed by atoms with Crippen LogP contribution in [0.3, 0.4) is 0 Å². The van der Waals surface area contributed by atoms with Crippen molar-refractivity contribution in [3.05, 3.63) is 51.9 Å². The summed E-state index contributed by atoms with van der Waals surface area (Å²) in [6.45, 7) is 0. The number of nitrogens with zero attached hydrogens (tertiary/aromatic N) is 2. The van der Waals surface area contributed by atoms with Crippen LogP contribution in [-0.2, 0) is 0 Å². The van der Waals surface area contributed by atoms with E-state index in [-0.39, 0.29) is 22.6 Å². The van der Waals surface area contributed by atoms with Crippen LogP contribution < -0.4 is 5.32 Å². The second-order valence-electron chi connectivity index (χ2n) is 3.64. The van der Waals surface area contributed by atoms with Gasteiger partial charge in [-0.3, -0.25) is 14.9 Å². The van der Waals surface area contributed by atoms with Crippen molar-refractivity contribution < 1.29 is 24.1 Å². The molecule has 0 bridgehead atoms. The standard InChI is InChI=1S/C11H7N3O6/c15-10(9-8(11(16)17)5-20-13-9)12-6-1-3-7(4-2-6)14(18)19/h1-5H,(H,12,15)(H,16,17). The Balaban J connectivity index is 2.17. The number of carboxylic acid groups (broad SMARTS) is 1. The molecule has 9 heteroatoms. The van der Waals surface area contributed by atoms with Crippen LogP contribution in [0.25, 0.3) is 0 Å². The lowest BCUT2D eigenvalue weighted by molar-refractivity contribution is -0.384. The number of carbonyl (C=O) groups is 2. The van der Waals surface area contributed by atoms with Gasteiger partial charge < -0.3 is 14.9 Å². The second kappa shape index (κ2) is 5.18. The molecule has 0 unspecified atom stereocenters. The van der Waals surface area contributed by atoms with E-state index in [9.17, 15) is 19.7 Å². The smallest absolute Gasteiger partial charge is 0.341 e. The Morgan fingerprint density at radius 1 is 1.30 bits per heavy atom. The van der Waals surface area contributed by atoms with Crippen LogP contribution >= 0.6 is 0 Å². The predicted octanol–water partition coefficient (Wildman–Crippen LogP) is 1.53. The topological polar surface area (TPSA) is 136 Å². The van der Waals surface area contributed by atoms with Gasteiger partial charge in [-0.2, -0.15) is 0 Å². The van der Waals surface area contributed by atoms with Crippen molar-refractivity contribution in [2.24, 2.45) is 0 Å². The maximum Gasteiger partial charge on any atom is 0.341 e. The van der Waals surface area contributed by atoms with E-state index >= 15 is 0 Å². The Morgan fingerprint density at radius 3 is 2.50 bits per heavy atom. The van der Waals surface area contributed by atoms with E-state index in [2.05, 4.69) is 15.0 Å². The van der Waals surface area contributed by atoms with E-state index in [1.54, 1.807) is 0 Å². The molecule has 9 nitrogen and oxygen atoms in total. The van der Waals surface area contributed by atoms with Crippen molar-refractivity contribution in [2.75, 3.05) is 5.32 Å². The molecule has 0 saturated carbocycles. The third-order valence-electron chi connectivity index (χ3n) is 2.35. The minimum Gasteiger partial charge on any atom is -0.477 e. The number of carboxylic acids is 1. The van der Waals surface area contributed by atoms with Gasteiger partial charge in [0.1, 0.15) is 11.8 Å². The molecule has 0 saturated heterocycles. The molecule has 1 heterocycles. The Kier molecular flexibility index (Phi) is 3.42. The van der Waals surface area contributed by atoms with E-state index in [0.717, 1.165) is 6.26 Å². The number of carbonyl (C=O) groups excluding carboxylic acids is 1. The van der Waals surface area contributed by atoms with Gasteiger partial charge in [0.2, 0.25) is 0 Å². The lowest BCUT2D eigenvalue weighted by atomic mass is 10.2. The zero-order valence-corrected chi connectivity index (χ0v) is 9.77. The first-order valence-corrected chi connectivity index (χ1v) is 5.22. The summed E-state index contributed by atoms with van der Waals surface area (Å²) in [7, 11) is 0. The summed E-state index contributed by atoms with van der Waals surface area (Å²) < 4.78 is 4.44. The number of anilines is 1. The van der Waals surface area contributed by atoms with Crippen molar-refractivity contribution in [1.29, 1.82) is 0 Å². The zero-order valence-electron chi connectivity index (χ0n) is 9.77. The number of nitro benzene ring substituents is 1. The van der Waals surface area contributed by atoms with Crippen molar-refractivity contribution in [2.45, 2.75) is 0 Å². The van der Waals surface area contributed by atoms with Crippen LogP contribution in [0.1, 0.15) is 20.8 Å². The van der Waals surface area contributed by atoms with Gasteiger partial charge in [0.15, 0.2) is 5.69 Å². The fraction of sp³-hybridized carbons (Fsp3) is 0. The maximum absolute atomic E-state index is 11.8. The highest BCUT2D eigenvalue weighted by molar-refractivity contribution is 6.09. The number of hydrogen-bond acceptors (Lipinski definition) is 6. The first-order chi connectivity index (χ1) is 9.49. The first-order valence-electron chi connectivity index (χ1n) is 5.22. The summed E-state index contributed by atoms with van der Waals surface area (Å²) in [6, 6.07) is 5.04. The monoisotopic (exact) mass is 277 g/mol. The molecule has 1 aromatic heterocycles. The fourth-order valence-corrected chi connectivity index (χ4v) is 1.41. The lowest BCUT2D eigenvalue weighted by Gasteiger charge is -2.02. The number of rotatable bonds is 4. The molecule has 1 amide bonds. The summed E-state index contributed by atoms with van der Waals surface area (Å²) in [4.78, 5) is 32.5. The molecule has 2 rings (SSSR count). The second-order valence-corrected chi connectivity index (χ2v) is 3.64. The van der Waals surface area contributed by atoms with Gasteiger partial charge in [-0.15, -0.1) is 0 Å². The normalized spacial score (nSPS) is 10.0. The van der Waals surface area contributed by atoms with Crippen molar-refractivity contribution in [1.82, 2.24) is 5.16 Å². The number of benzene rings is 1. The molecule has 0 aliphatic rings. The molecular formula is C11H7N3O6. The van der Waals surface area contributed by atoms with E-state index in [0.29, 0.717) is 0 Å². The minimum atomic E-state index is -1.35. The van der Waals surface area contributed by atoms with Crippen LogP contribution in [-0.4, -0.2) is 27.1 Å². The Bertz CT molecular complexity index is 676. The van der Waals surface area contributed by atoms with Crippen molar-refractivity contribution >= 4 is 23.3 Å². The maximum atomic E-state index is 11.8.